The van der Waals surface area contributed by atoms with Crippen LogP contribution in [0.4, 0.5) is 0 Å². The molecule has 0 aliphatic heterocycles. The molecule has 2 aliphatic carbocycles. The Hall–Kier alpha value is -4.24. The van der Waals surface area contributed by atoms with Gasteiger partial charge in [-0.15, -0.1) is 0 Å². The monoisotopic (exact) mass is 544 g/mol. The van der Waals surface area contributed by atoms with Gasteiger partial charge in [0, 0.05) is 11.3 Å². The second kappa shape index (κ2) is 13.2. The van der Waals surface area contributed by atoms with Crippen LogP contribution in [0.1, 0.15) is 70.5 Å². The molecule has 9 heteroatoms. The lowest BCUT2D eigenvalue weighted by Gasteiger charge is -2.30. The summed E-state index contributed by atoms with van der Waals surface area (Å²) < 4.78 is 4.68. The van der Waals surface area contributed by atoms with Gasteiger partial charge in [-0.2, -0.15) is 0 Å². The van der Waals surface area contributed by atoms with Gasteiger partial charge in [0.15, 0.2) is 0 Å². The lowest BCUT2D eigenvalue weighted by Crippen LogP contribution is -2.52. The minimum Gasteiger partial charge on any atom is -0.465 e. The number of fused-ring (bicyclic) bond motifs is 1. The number of aryl methyl sites for hydroxylation is 1. The number of ether oxygens (including phenoxy) is 1. The summed E-state index contributed by atoms with van der Waals surface area (Å²) >= 11 is 0. The maximum atomic E-state index is 13.4. The number of amides is 3. The zero-order valence-electron chi connectivity index (χ0n) is 22.8. The Morgan fingerprint density at radius 1 is 1.02 bits per heavy atom. The van der Waals surface area contributed by atoms with Crippen molar-refractivity contribution in [3.05, 3.63) is 94.7 Å². The summed E-state index contributed by atoms with van der Waals surface area (Å²) in [5, 5.41) is 8.84. The summed E-state index contributed by atoms with van der Waals surface area (Å²) in [7, 11) is 1.30. The molecule has 40 heavy (non-hydrogen) atoms. The molecular formula is C31H36N4O5. The Balaban J connectivity index is 1.37. The van der Waals surface area contributed by atoms with Crippen molar-refractivity contribution in [3.8, 4) is 0 Å². The third-order valence-corrected chi connectivity index (χ3v) is 7.29. The smallest absolute Gasteiger partial charge is 0.337 e. The van der Waals surface area contributed by atoms with Gasteiger partial charge in [-0.05, 0) is 86.4 Å². The molecule has 0 fully saturated rings. The average molecular weight is 545 g/mol. The van der Waals surface area contributed by atoms with Crippen molar-refractivity contribution in [2.45, 2.75) is 57.2 Å². The summed E-state index contributed by atoms with van der Waals surface area (Å²) in [5.41, 5.74) is 9.55. The summed E-state index contributed by atoms with van der Waals surface area (Å²) in [4.78, 5) is 50.1. The number of benzene rings is 2. The second-order valence-corrected chi connectivity index (χ2v) is 10.3. The lowest BCUT2D eigenvalue weighted by atomic mass is 9.87. The lowest BCUT2D eigenvalue weighted by molar-refractivity contribution is -0.130. The third kappa shape index (κ3) is 7.24. The third-order valence-electron chi connectivity index (χ3n) is 7.29. The normalized spacial score (nSPS) is 19.3. The number of methoxy groups -OCH3 is 1. The summed E-state index contributed by atoms with van der Waals surface area (Å²) in [6, 6.07) is 12.7. The summed E-state index contributed by atoms with van der Waals surface area (Å²) in [5.74, 6) is -1.42. The Labute approximate surface area is 234 Å². The molecule has 0 bridgehead atoms. The van der Waals surface area contributed by atoms with Crippen molar-refractivity contribution in [2.24, 2.45) is 11.7 Å². The van der Waals surface area contributed by atoms with Crippen molar-refractivity contribution >= 4 is 23.7 Å². The van der Waals surface area contributed by atoms with E-state index in [0.717, 1.165) is 24.8 Å². The van der Waals surface area contributed by atoms with Gasteiger partial charge in [-0.25, -0.2) is 4.79 Å². The topological polar surface area (TPSA) is 140 Å². The van der Waals surface area contributed by atoms with E-state index in [9.17, 15) is 19.2 Å². The number of rotatable bonds is 9. The molecule has 0 saturated heterocycles. The molecule has 5 N–H and O–H groups in total. The molecule has 210 valence electrons. The number of hydrogen-bond donors (Lipinski definition) is 4. The van der Waals surface area contributed by atoms with Crippen molar-refractivity contribution < 1.29 is 23.9 Å². The number of nitrogens with two attached hydrogens (primary N) is 1. The molecule has 0 radical (unpaired) electrons. The average Bonchev–Trinajstić information content (AvgIpc) is 2.97. The quantitative estimate of drug-likeness (QED) is 0.358. The molecule has 4 rings (SSSR count). The van der Waals surface area contributed by atoms with E-state index in [1.54, 1.807) is 25.1 Å². The molecule has 0 heterocycles. The fourth-order valence-electron chi connectivity index (χ4n) is 5.02. The first-order valence-corrected chi connectivity index (χ1v) is 13.6. The van der Waals surface area contributed by atoms with Crippen LogP contribution in [0.5, 0.6) is 0 Å². The highest BCUT2D eigenvalue weighted by Crippen LogP contribution is 2.30. The van der Waals surface area contributed by atoms with E-state index in [1.165, 1.54) is 24.8 Å². The maximum absolute atomic E-state index is 13.4. The maximum Gasteiger partial charge on any atom is 0.337 e. The number of esters is 1. The van der Waals surface area contributed by atoms with E-state index in [1.807, 2.05) is 30.4 Å². The molecule has 3 amide bonds. The molecule has 4 unspecified atom stereocenters. The molecule has 4 atom stereocenters. The van der Waals surface area contributed by atoms with Crippen LogP contribution in [0, 0.1) is 5.92 Å². The van der Waals surface area contributed by atoms with Crippen LogP contribution in [-0.4, -0.2) is 42.9 Å². The highest BCUT2D eigenvalue weighted by molar-refractivity contribution is 5.97. The van der Waals surface area contributed by atoms with Crippen LogP contribution >= 0.6 is 0 Å². The van der Waals surface area contributed by atoms with Crippen LogP contribution in [0.15, 0.2) is 72.5 Å². The van der Waals surface area contributed by atoms with Gasteiger partial charge in [0.25, 0.3) is 5.91 Å². The van der Waals surface area contributed by atoms with Crippen LogP contribution in [0.25, 0.3) is 0 Å². The van der Waals surface area contributed by atoms with E-state index in [2.05, 4.69) is 26.8 Å². The highest BCUT2D eigenvalue weighted by Gasteiger charge is 2.29. The summed E-state index contributed by atoms with van der Waals surface area (Å²) in [6.45, 7) is 1.59. The largest absolute Gasteiger partial charge is 0.465 e. The van der Waals surface area contributed by atoms with Crippen molar-refractivity contribution in [1.82, 2.24) is 16.0 Å². The van der Waals surface area contributed by atoms with Crippen LogP contribution in [-0.2, 0) is 20.7 Å². The Bertz CT molecular complexity index is 1320. The van der Waals surface area contributed by atoms with Gasteiger partial charge < -0.3 is 26.4 Å². The number of hydrogen-bond acceptors (Lipinski definition) is 6. The first-order chi connectivity index (χ1) is 19.2. The molecule has 9 nitrogen and oxygen atoms in total. The zero-order chi connectivity index (χ0) is 28.6. The fourth-order valence-corrected chi connectivity index (χ4v) is 5.02. The SMILES string of the molecule is COC(=O)c1ccc(C(=O)NC2=CCC(CC(NC(=O)C(C)N)C(=O)NC3CCCc4ccccc43)C=C2)cc1. The van der Waals surface area contributed by atoms with Crippen LogP contribution in [0.3, 0.4) is 0 Å². The number of carbonyl (C=O) groups excluding carboxylic acids is 4. The van der Waals surface area contributed by atoms with Gasteiger partial charge in [-0.1, -0.05) is 36.4 Å². The minimum atomic E-state index is -0.750. The first kappa shape index (κ1) is 28.8. The molecule has 0 aromatic heterocycles. The number of allylic oxidation sites excluding steroid dienone is 3. The number of nitrogens with one attached hydrogen (secondary N) is 3. The molecular weight excluding hydrogens is 508 g/mol. The van der Waals surface area contributed by atoms with E-state index in [4.69, 9.17) is 5.73 Å². The molecule has 0 spiro atoms. The predicted molar refractivity (Wildman–Crippen MR) is 151 cm³/mol. The molecule has 2 aromatic rings. The van der Waals surface area contributed by atoms with Gasteiger partial charge in [0.05, 0.1) is 24.8 Å². The van der Waals surface area contributed by atoms with E-state index in [0.29, 0.717) is 29.7 Å². The van der Waals surface area contributed by atoms with Gasteiger partial charge in [-0.3, -0.25) is 14.4 Å². The number of carbonyl (C=O) groups is 4. The summed E-state index contributed by atoms with van der Waals surface area (Å²) in [6.07, 6.45) is 9.42. The van der Waals surface area contributed by atoms with Crippen molar-refractivity contribution in [1.29, 1.82) is 0 Å². The first-order valence-electron chi connectivity index (χ1n) is 13.6. The van der Waals surface area contributed by atoms with E-state index in [-0.39, 0.29) is 29.7 Å². The van der Waals surface area contributed by atoms with E-state index >= 15 is 0 Å². The van der Waals surface area contributed by atoms with E-state index < -0.39 is 18.1 Å². The van der Waals surface area contributed by atoms with Gasteiger partial charge in [0.2, 0.25) is 11.8 Å². The Morgan fingerprint density at radius 2 is 1.75 bits per heavy atom. The predicted octanol–water partition coefficient (Wildman–Crippen LogP) is 3.08. The standard InChI is InChI=1S/C31H36N4O5/c1-19(32)28(36)35-27(30(38)34-26-9-5-7-21-6-3-4-8-25(21)26)18-20-10-16-24(17-11-20)33-29(37)22-12-14-23(15-13-22)31(39)40-2/h3-4,6,8,10,12-17,19-20,26-27H,5,7,9,11,18,32H2,1-2H3,(H,33,37)(H,34,38)(H,35,36). The minimum absolute atomic E-state index is 0.0252. The molecule has 0 saturated carbocycles. The zero-order valence-corrected chi connectivity index (χ0v) is 22.8. The van der Waals surface area contributed by atoms with Crippen LogP contribution in [0.2, 0.25) is 0 Å². The molecule has 2 aromatic carbocycles. The van der Waals surface area contributed by atoms with Crippen LogP contribution < -0.4 is 21.7 Å². The highest BCUT2D eigenvalue weighted by atomic mass is 16.5. The van der Waals surface area contributed by atoms with Gasteiger partial charge >= 0.3 is 5.97 Å². The van der Waals surface area contributed by atoms with Crippen molar-refractivity contribution in [2.75, 3.05) is 7.11 Å². The van der Waals surface area contributed by atoms with Crippen molar-refractivity contribution in [3.63, 3.8) is 0 Å². The Morgan fingerprint density at radius 3 is 2.42 bits per heavy atom. The van der Waals surface area contributed by atoms with Gasteiger partial charge in [0.1, 0.15) is 6.04 Å². The molecule has 2 aliphatic rings. The Kier molecular flexibility index (Phi) is 9.50. The fraction of sp³-hybridized carbons (Fsp3) is 0.355. The second-order valence-electron chi connectivity index (χ2n) is 10.3.